The summed E-state index contributed by atoms with van der Waals surface area (Å²) in [7, 11) is 2.93. The van der Waals surface area contributed by atoms with Crippen LogP contribution in [-0.2, 0) is 5.41 Å². The fraction of sp³-hybridized carbons (Fsp3) is 0.360. The molecule has 4 amide bonds. The molecule has 31 heavy (non-hydrogen) atoms. The lowest BCUT2D eigenvalue weighted by Gasteiger charge is -2.27. The highest BCUT2D eigenvalue weighted by Crippen LogP contribution is 2.36. The van der Waals surface area contributed by atoms with Gasteiger partial charge in [0.2, 0.25) is 0 Å². The maximum atomic E-state index is 12.3. The van der Waals surface area contributed by atoms with E-state index in [0.717, 1.165) is 20.9 Å². The third-order valence-electron chi connectivity index (χ3n) is 5.62. The molecule has 0 spiro atoms. The summed E-state index contributed by atoms with van der Waals surface area (Å²) in [5, 5.41) is 0. The van der Waals surface area contributed by atoms with Crippen molar-refractivity contribution in [2.45, 2.75) is 47.0 Å². The molecule has 0 fully saturated rings. The van der Waals surface area contributed by atoms with Crippen molar-refractivity contribution >= 4 is 23.6 Å². The Hall–Kier alpha value is -3.28. The second-order valence-corrected chi connectivity index (χ2v) is 7.48. The van der Waals surface area contributed by atoms with Gasteiger partial charge in [0, 0.05) is 19.5 Å². The van der Waals surface area contributed by atoms with Crippen molar-refractivity contribution in [3.05, 3.63) is 69.8 Å². The summed E-state index contributed by atoms with van der Waals surface area (Å²) >= 11 is 0. The molecule has 0 saturated carbocycles. The van der Waals surface area contributed by atoms with Crippen LogP contribution in [0.25, 0.3) is 0 Å². The number of amides is 4. The molecule has 0 aliphatic carbocycles. The van der Waals surface area contributed by atoms with E-state index in [2.05, 4.69) is 0 Å². The van der Waals surface area contributed by atoms with E-state index in [-0.39, 0.29) is 23.6 Å². The predicted octanol–water partition coefficient (Wildman–Crippen LogP) is 4.52. The first kappa shape index (κ1) is 24.0. The van der Waals surface area contributed by atoms with Crippen molar-refractivity contribution in [3.63, 3.8) is 0 Å². The largest absolute Gasteiger partial charge is 0.277 e. The van der Waals surface area contributed by atoms with Gasteiger partial charge in [-0.15, -0.1) is 0 Å². The lowest BCUT2D eigenvalue weighted by atomic mass is 9.76. The first-order valence-corrected chi connectivity index (χ1v) is 10.6. The van der Waals surface area contributed by atoms with Crippen molar-refractivity contribution in [1.29, 1.82) is 0 Å². The molecule has 2 aliphatic rings. The summed E-state index contributed by atoms with van der Waals surface area (Å²) in [6.45, 7) is 12.0. The Labute approximate surface area is 183 Å². The van der Waals surface area contributed by atoms with Crippen LogP contribution in [0, 0.1) is 0 Å². The minimum atomic E-state index is -0.529. The van der Waals surface area contributed by atoms with Crippen molar-refractivity contribution in [3.8, 4) is 0 Å². The van der Waals surface area contributed by atoms with Crippen LogP contribution in [0.4, 0.5) is 0 Å². The number of hydrogen-bond acceptors (Lipinski definition) is 4. The van der Waals surface area contributed by atoms with E-state index in [9.17, 15) is 19.2 Å². The van der Waals surface area contributed by atoms with Crippen LogP contribution < -0.4 is 0 Å². The highest BCUT2D eigenvalue weighted by atomic mass is 16.2. The van der Waals surface area contributed by atoms with Crippen molar-refractivity contribution in [2.24, 2.45) is 0 Å². The van der Waals surface area contributed by atoms with Crippen LogP contribution in [0.3, 0.4) is 0 Å². The minimum Gasteiger partial charge on any atom is -0.277 e. The fourth-order valence-corrected chi connectivity index (χ4v) is 3.67. The van der Waals surface area contributed by atoms with E-state index in [1.807, 2.05) is 53.7 Å². The van der Waals surface area contributed by atoms with E-state index in [1.165, 1.54) is 14.1 Å². The molecule has 2 aromatic carbocycles. The highest BCUT2D eigenvalue weighted by molar-refractivity contribution is 6.22. The molecule has 4 rings (SSSR count). The molecule has 2 heterocycles. The molecule has 2 aromatic rings. The van der Waals surface area contributed by atoms with Crippen LogP contribution in [0.2, 0.25) is 0 Å². The average Bonchev–Trinajstić information content (AvgIpc) is 3.16. The number of rotatable bonds is 2. The Kier molecular flexibility index (Phi) is 6.84. The monoisotopic (exact) mass is 422 g/mol. The Morgan fingerprint density at radius 1 is 0.548 bits per heavy atom. The summed E-state index contributed by atoms with van der Waals surface area (Å²) in [6, 6.07) is 10.5. The van der Waals surface area contributed by atoms with Gasteiger partial charge in [-0.05, 0) is 35.4 Å². The van der Waals surface area contributed by atoms with Gasteiger partial charge in [-0.3, -0.25) is 29.0 Å². The molecule has 2 aliphatic heterocycles. The molecule has 0 atom stereocenters. The van der Waals surface area contributed by atoms with E-state index in [0.29, 0.717) is 22.3 Å². The van der Waals surface area contributed by atoms with Gasteiger partial charge in [0.25, 0.3) is 23.6 Å². The molecule has 0 unspecified atom stereocenters. The number of fused-ring (bicyclic) bond motifs is 2. The number of carbonyl (C=O) groups is 4. The van der Waals surface area contributed by atoms with Crippen LogP contribution in [-0.4, -0.2) is 47.5 Å². The van der Waals surface area contributed by atoms with Gasteiger partial charge < -0.3 is 0 Å². The normalized spacial score (nSPS) is 14.6. The highest BCUT2D eigenvalue weighted by Gasteiger charge is 2.37. The molecular formula is C25H30N2O4. The number of carbonyl (C=O) groups excluding carboxylic acids is 4. The zero-order chi connectivity index (χ0) is 23.7. The average molecular weight is 423 g/mol. The Morgan fingerprint density at radius 2 is 0.839 bits per heavy atom. The summed E-state index contributed by atoms with van der Waals surface area (Å²) in [5.74, 6) is -1.24. The molecular weight excluding hydrogens is 392 g/mol. The van der Waals surface area contributed by atoms with Gasteiger partial charge in [0.15, 0.2) is 0 Å². The second kappa shape index (κ2) is 8.84. The molecule has 6 heteroatoms. The lowest BCUT2D eigenvalue weighted by Crippen LogP contribution is -2.24. The third-order valence-corrected chi connectivity index (χ3v) is 5.62. The lowest BCUT2D eigenvalue weighted by molar-refractivity contribution is 0.0678. The van der Waals surface area contributed by atoms with Gasteiger partial charge in [-0.2, -0.15) is 0 Å². The van der Waals surface area contributed by atoms with Crippen LogP contribution in [0.15, 0.2) is 36.4 Å². The van der Waals surface area contributed by atoms with E-state index in [4.69, 9.17) is 0 Å². The first-order valence-electron chi connectivity index (χ1n) is 10.6. The van der Waals surface area contributed by atoms with E-state index < -0.39 is 5.41 Å². The third kappa shape index (κ3) is 3.67. The number of nitrogens with zero attached hydrogens (tertiary/aromatic N) is 2. The van der Waals surface area contributed by atoms with Gasteiger partial charge in [0.1, 0.15) is 0 Å². The predicted molar refractivity (Wildman–Crippen MR) is 121 cm³/mol. The molecule has 6 nitrogen and oxygen atoms in total. The zero-order valence-electron chi connectivity index (χ0n) is 19.5. The number of imide groups is 2. The van der Waals surface area contributed by atoms with Gasteiger partial charge in [-0.25, -0.2) is 0 Å². The summed E-state index contributed by atoms with van der Waals surface area (Å²) in [5.41, 5.74) is 2.75. The van der Waals surface area contributed by atoms with Crippen LogP contribution in [0.1, 0.15) is 94.1 Å². The van der Waals surface area contributed by atoms with E-state index >= 15 is 0 Å². The summed E-state index contributed by atoms with van der Waals surface area (Å²) < 4.78 is 0. The molecule has 0 N–H and O–H groups in total. The maximum Gasteiger partial charge on any atom is 0.261 e. The van der Waals surface area contributed by atoms with Crippen LogP contribution in [0.5, 0.6) is 0 Å². The smallest absolute Gasteiger partial charge is 0.261 e. The fourth-order valence-electron chi connectivity index (χ4n) is 3.67. The maximum absolute atomic E-state index is 12.3. The Balaban J connectivity index is 0.000000807. The molecule has 0 radical (unpaired) electrons. The Morgan fingerprint density at radius 3 is 1.16 bits per heavy atom. The van der Waals surface area contributed by atoms with Gasteiger partial charge in [-0.1, -0.05) is 53.7 Å². The van der Waals surface area contributed by atoms with Crippen molar-refractivity contribution in [1.82, 2.24) is 9.80 Å². The van der Waals surface area contributed by atoms with Gasteiger partial charge >= 0.3 is 0 Å². The Bertz CT molecular complexity index is 986. The first-order chi connectivity index (χ1) is 14.6. The quantitative estimate of drug-likeness (QED) is 0.667. The molecule has 0 aromatic heterocycles. The number of benzene rings is 2. The number of hydrogen-bond donors (Lipinski definition) is 0. The minimum absolute atomic E-state index is 0.302. The molecule has 0 bridgehead atoms. The second-order valence-electron chi connectivity index (χ2n) is 7.48. The van der Waals surface area contributed by atoms with E-state index in [1.54, 1.807) is 24.3 Å². The van der Waals surface area contributed by atoms with Crippen LogP contribution >= 0.6 is 0 Å². The van der Waals surface area contributed by atoms with Crippen molar-refractivity contribution < 1.29 is 19.2 Å². The van der Waals surface area contributed by atoms with Crippen molar-refractivity contribution in [2.75, 3.05) is 14.1 Å². The summed E-state index contributed by atoms with van der Waals surface area (Å²) in [4.78, 5) is 51.0. The molecule has 164 valence electrons. The van der Waals surface area contributed by atoms with Gasteiger partial charge in [0.05, 0.1) is 22.3 Å². The molecule has 0 saturated heterocycles. The summed E-state index contributed by atoms with van der Waals surface area (Å²) in [6.07, 6.45) is 0. The topological polar surface area (TPSA) is 74.8 Å². The zero-order valence-corrected chi connectivity index (χ0v) is 19.5. The SMILES string of the molecule is CC.CC.CN1C(=O)c2ccc(C(C)(C)c3ccc4c(c3)C(=O)N(C)C4=O)cc2C1=O. The standard InChI is InChI=1S/C21H18N2O4.2C2H6/c1-21(2,11-5-7-13-15(9-11)19(26)22(3)17(13)24)12-6-8-14-16(10-12)20(27)23(4)18(14)25;2*1-2/h5-10H,1-4H3;2*1-2H3.